The Kier molecular flexibility index (Phi) is 7.06. The van der Waals surface area contributed by atoms with Gasteiger partial charge in [-0.05, 0) is 82.6 Å². The molecule has 2 N–H and O–H groups in total. The minimum absolute atomic E-state index is 0.169. The molecule has 10 heteroatoms. The quantitative estimate of drug-likeness (QED) is 0.466. The van der Waals surface area contributed by atoms with E-state index in [-0.39, 0.29) is 18.3 Å². The molecule has 1 aromatic carbocycles. The highest BCUT2D eigenvalue weighted by atomic mass is 32.2. The molecule has 0 spiro atoms. The fraction of sp³-hybridized carbons (Fsp3) is 0.625. The lowest BCUT2D eigenvalue weighted by atomic mass is 9.84. The number of nitrogens with one attached hydrogen (secondary N) is 2. The van der Waals surface area contributed by atoms with Crippen LogP contribution in [0.1, 0.15) is 64.0 Å². The van der Waals surface area contributed by atoms with Crippen LogP contribution in [0.2, 0.25) is 0 Å². The van der Waals surface area contributed by atoms with Crippen molar-refractivity contribution in [1.29, 1.82) is 0 Å². The first-order valence-corrected chi connectivity index (χ1v) is 12.9. The van der Waals surface area contributed by atoms with Gasteiger partial charge in [0.25, 0.3) is 0 Å². The van der Waals surface area contributed by atoms with Gasteiger partial charge >= 0.3 is 6.03 Å². The number of imide groups is 2. The van der Waals surface area contributed by atoms with Crippen LogP contribution in [0.15, 0.2) is 18.2 Å². The summed E-state index contributed by atoms with van der Waals surface area (Å²) in [4.78, 5) is 39.6. The molecule has 2 fully saturated rings. The first-order valence-electron chi connectivity index (χ1n) is 11.8. The maximum absolute atomic E-state index is 13.9. The summed E-state index contributed by atoms with van der Waals surface area (Å²) in [7, 11) is 0. The van der Waals surface area contributed by atoms with Crippen LogP contribution >= 0.6 is 0 Å². The van der Waals surface area contributed by atoms with Gasteiger partial charge in [-0.15, -0.1) is 4.72 Å². The summed E-state index contributed by atoms with van der Waals surface area (Å²) >= 11 is -1.43. The Morgan fingerprint density at radius 1 is 1.26 bits per heavy atom. The van der Waals surface area contributed by atoms with E-state index in [9.17, 15) is 23.3 Å². The van der Waals surface area contributed by atoms with Gasteiger partial charge in [0.1, 0.15) is 16.5 Å². The number of urea groups is 1. The average molecular weight is 494 g/mol. The van der Waals surface area contributed by atoms with Crippen molar-refractivity contribution in [2.75, 3.05) is 13.2 Å². The van der Waals surface area contributed by atoms with Crippen molar-refractivity contribution >= 4 is 29.2 Å². The second-order valence-corrected chi connectivity index (χ2v) is 12.3. The SMILES string of the molecule is CC(C)(C)[S@+]([O-])N[C@@]1(CCC2C(=O)NC(=O)N(C3CCOCC3)C2=O)CCc2cc(F)ccc21. The van der Waals surface area contributed by atoms with Crippen LogP contribution in [0.4, 0.5) is 9.18 Å². The van der Waals surface area contributed by atoms with E-state index in [2.05, 4.69) is 10.0 Å². The zero-order chi connectivity index (χ0) is 24.7. The summed E-state index contributed by atoms with van der Waals surface area (Å²) in [6.07, 6.45) is 2.75. The molecular formula is C24H32FN3O5S. The van der Waals surface area contributed by atoms with Crippen molar-refractivity contribution in [3.05, 3.63) is 35.1 Å². The number of ether oxygens (including phenoxy) is 1. The standard InChI is InChI=1S/C24H32FN3O5S/c1-23(2,3)34(32)27-24(10-6-15-14-16(25)4-5-19(15)24)11-7-18-20(29)26-22(31)28(21(18)30)17-8-12-33-13-9-17/h4-5,14,17-18,27H,6-13H2,1-3H3,(H,26,29,31)/t18?,24-,34+/m1/s1. The second kappa shape index (κ2) is 9.56. The largest absolute Gasteiger partial charge is 0.598 e. The zero-order valence-corrected chi connectivity index (χ0v) is 20.6. The Bertz CT molecular complexity index is 978. The van der Waals surface area contributed by atoms with E-state index in [1.165, 1.54) is 17.0 Å². The number of carbonyl (C=O) groups excluding carboxylic acids is 3. The van der Waals surface area contributed by atoms with E-state index in [1.807, 2.05) is 20.8 Å². The van der Waals surface area contributed by atoms with Crippen molar-refractivity contribution in [3.63, 3.8) is 0 Å². The van der Waals surface area contributed by atoms with Gasteiger partial charge in [0.2, 0.25) is 11.8 Å². The summed E-state index contributed by atoms with van der Waals surface area (Å²) in [5.41, 5.74) is 0.900. The fourth-order valence-corrected chi connectivity index (χ4v) is 6.01. The summed E-state index contributed by atoms with van der Waals surface area (Å²) in [5, 5.41) is 2.34. The molecule has 1 aliphatic carbocycles. The van der Waals surface area contributed by atoms with E-state index >= 15 is 0 Å². The van der Waals surface area contributed by atoms with E-state index in [1.54, 1.807) is 6.07 Å². The van der Waals surface area contributed by atoms with Gasteiger partial charge in [-0.3, -0.25) is 19.8 Å². The van der Waals surface area contributed by atoms with E-state index in [4.69, 9.17) is 4.74 Å². The third-order valence-corrected chi connectivity index (χ3v) is 8.65. The Morgan fingerprint density at radius 3 is 2.65 bits per heavy atom. The van der Waals surface area contributed by atoms with Crippen LogP contribution in [0.5, 0.6) is 0 Å². The molecular weight excluding hydrogens is 461 g/mol. The average Bonchev–Trinajstić information content (AvgIpc) is 3.11. The molecule has 0 bridgehead atoms. The lowest BCUT2D eigenvalue weighted by Gasteiger charge is -2.39. The number of benzene rings is 1. The van der Waals surface area contributed by atoms with Crippen molar-refractivity contribution in [2.24, 2.45) is 5.92 Å². The Morgan fingerprint density at radius 2 is 1.97 bits per heavy atom. The van der Waals surface area contributed by atoms with Gasteiger partial charge in [-0.2, -0.15) is 0 Å². The molecule has 4 rings (SSSR count). The minimum atomic E-state index is -1.43. The number of fused-ring (bicyclic) bond motifs is 1. The monoisotopic (exact) mass is 493 g/mol. The smallest absolute Gasteiger partial charge is 0.331 e. The molecule has 0 saturated carbocycles. The van der Waals surface area contributed by atoms with Crippen LogP contribution < -0.4 is 10.0 Å². The second-order valence-electron chi connectivity index (χ2n) is 10.3. The number of aryl methyl sites for hydroxylation is 1. The summed E-state index contributed by atoms with van der Waals surface area (Å²) in [5.74, 6) is -2.46. The summed E-state index contributed by atoms with van der Waals surface area (Å²) in [6, 6.07) is 3.59. The third-order valence-electron chi connectivity index (χ3n) is 6.96. The summed E-state index contributed by atoms with van der Waals surface area (Å²) in [6.45, 7) is 6.50. The maximum atomic E-state index is 13.9. The number of amides is 4. The van der Waals surface area contributed by atoms with Gasteiger partial charge in [0, 0.05) is 30.6 Å². The number of halogens is 1. The van der Waals surface area contributed by atoms with E-state index < -0.39 is 45.4 Å². The van der Waals surface area contributed by atoms with Crippen molar-refractivity contribution in [1.82, 2.24) is 14.9 Å². The molecule has 0 aromatic heterocycles. The number of hydrogen-bond acceptors (Lipinski definition) is 6. The van der Waals surface area contributed by atoms with Crippen LogP contribution in [0.3, 0.4) is 0 Å². The topological polar surface area (TPSA) is 111 Å². The molecule has 4 amide bonds. The Hall–Kier alpha value is -2.01. The Balaban J connectivity index is 1.58. The maximum Gasteiger partial charge on any atom is 0.331 e. The van der Waals surface area contributed by atoms with Crippen molar-refractivity contribution < 1.29 is 28.1 Å². The molecule has 0 radical (unpaired) electrons. The highest BCUT2D eigenvalue weighted by Gasteiger charge is 2.48. The van der Waals surface area contributed by atoms with E-state index in [0.29, 0.717) is 45.3 Å². The van der Waals surface area contributed by atoms with Crippen LogP contribution in [0.25, 0.3) is 0 Å². The van der Waals surface area contributed by atoms with Crippen LogP contribution in [0, 0.1) is 11.7 Å². The molecule has 186 valence electrons. The lowest BCUT2D eigenvalue weighted by Crippen LogP contribution is -2.62. The number of rotatable bonds is 6. The molecule has 2 saturated heterocycles. The fourth-order valence-electron chi connectivity index (χ4n) is 5.03. The normalized spacial score (nSPS) is 27.0. The highest BCUT2D eigenvalue weighted by molar-refractivity contribution is 7.90. The molecule has 1 unspecified atom stereocenters. The van der Waals surface area contributed by atoms with E-state index in [0.717, 1.165) is 11.1 Å². The van der Waals surface area contributed by atoms with Gasteiger partial charge in [0.05, 0.1) is 5.54 Å². The van der Waals surface area contributed by atoms with Crippen LogP contribution in [-0.2, 0) is 37.6 Å². The van der Waals surface area contributed by atoms with Gasteiger partial charge < -0.3 is 9.29 Å². The van der Waals surface area contributed by atoms with Gasteiger partial charge in [-0.25, -0.2) is 9.18 Å². The highest BCUT2D eigenvalue weighted by Crippen LogP contribution is 2.43. The predicted molar refractivity (Wildman–Crippen MR) is 124 cm³/mol. The predicted octanol–water partition coefficient (Wildman–Crippen LogP) is 2.67. The number of barbiturate groups is 1. The molecule has 8 nitrogen and oxygen atoms in total. The third kappa shape index (κ3) is 4.86. The first-order chi connectivity index (χ1) is 16.0. The molecule has 3 aliphatic rings. The van der Waals surface area contributed by atoms with Gasteiger partial charge in [0.15, 0.2) is 0 Å². The lowest BCUT2D eigenvalue weighted by molar-refractivity contribution is -0.145. The molecule has 1 aromatic rings. The first kappa shape index (κ1) is 25.1. The van der Waals surface area contributed by atoms with Crippen molar-refractivity contribution in [3.8, 4) is 0 Å². The minimum Gasteiger partial charge on any atom is -0.598 e. The zero-order valence-electron chi connectivity index (χ0n) is 19.8. The summed E-state index contributed by atoms with van der Waals surface area (Å²) < 4.78 is 35.0. The van der Waals surface area contributed by atoms with Gasteiger partial charge in [-0.1, -0.05) is 6.07 Å². The Labute approximate surface area is 202 Å². The number of carbonyl (C=O) groups is 3. The number of hydrogen-bond donors (Lipinski definition) is 2. The van der Waals surface area contributed by atoms with Crippen molar-refractivity contribution in [2.45, 2.75) is 75.6 Å². The molecule has 34 heavy (non-hydrogen) atoms. The van der Waals surface area contributed by atoms with Crippen LogP contribution in [-0.4, -0.2) is 51.3 Å². The molecule has 3 atom stereocenters. The molecule has 2 aliphatic heterocycles. The number of nitrogens with zero attached hydrogens (tertiary/aromatic N) is 1. The molecule has 2 heterocycles.